The van der Waals surface area contributed by atoms with Crippen LogP contribution in [0.5, 0.6) is 0 Å². The number of nitrogens with zero attached hydrogens (tertiary/aromatic N) is 1. The monoisotopic (exact) mass is 313 g/mol. The Bertz CT molecular complexity index is 399. The largest absolute Gasteiger partial charge is 0.356 e. The second-order valence-corrected chi connectivity index (χ2v) is 5.65. The maximum absolute atomic E-state index is 12.5. The second-order valence-electron chi connectivity index (χ2n) is 4.73. The average molecular weight is 314 g/mol. The normalized spacial score (nSPS) is 19.8. The molecule has 1 aliphatic heterocycles. The van der Waals surface area contributed by atoms with Crippen molar-refractivity contribution < 1.29 is 4.79 Å². The van der Waals surface area contributed by atoms with Crippen molar-refractivity contribution in [2.45, 2.75) is 32.2 Å². The lowest BCUT2D eigenvalue weighted by Crippen LogP contribution is -2.49. The molecule has 0 aromatic carbocycles. The summed E-state index contributed by atoms with van der Waals surface area (Å²) in [7, 11) is 0. The van der Waals surface area contributed by atoms with Gasteiger partial charge in [0.15, 0.2) is 0 Å². The van der Waals surface area contributed by atoms with Crippen LogP contribution >= 0.6 is 15.9 Å². The second kappa shape index (κ2) is 6.38. The molecule has 1 aromatic rings. The minimum atomic E-state index is 0.108. The molecule has 0 spiro atoms. The van der Waals surface area contributed by atoms with Gasteiger partial charge in [-0.25, -0.2) is 0 Å². The minimum absolute atomic E-state index is 0.108. The molecule has 0 aliphatic carbocycles. The van der Waals surface area contributed by atoms with Crippen LogP contribution in [0.4, 0.5) is 0 Å². The third-order valence-corrected chi connectivity index (χ3v) is 3.77. The number of aromatic amines is 1. The maximum atomic E-state index is 12.5. The number of nitrogens with one attached hydrogen (secondary N) is 2. The molecule has 0 saturated carbocycles. The van der Waals surface area contributed by atoms with E-state index in [9.17, 15) is 4.79 Å². The van der Waals surface area contributed by atoms with E-state index in [-0.39, 0.29) is 5.91 Å². The zero-order chi connectivity index (χ0) is 13.0. The molecule has 0 radical (unpaired) electrons. The molecule has 5 heteroatoms. The third-order valence-electron chi connectivity index (χ3n) is 3.32. The van der Waals surface area contributed by atoms with Crippen molar-refractivity contribution in [3.63, 3.8) is 0 Å². The smallest absolute Gasteiger partial charge is 0.270 e. The highest BCUT2D eigenvalue weighted by Crippen LogP contribution is 2.17. The summed E-state index contributed by atoms with van der Waals surface area (Å²) < 4.78 is 0.920. The van der Waals surface area contributed by atoms with E-state index in [0.717, 1.165) is 43.4 Å². The van der Waals surface area contributed by atoms with Crippen LogP contribution in [0.2, 0.25) is 0 Å². The number of rotatable bonds is 4. The van der Waals surface area contributed by atoms with Gasteiger partial charge < -0.3 is 15.2 Å². The summed E-state index contributed by atoms with van der Waals surface area (Å²) in [5, 5.41) is 3.37. The molecule has 1 amide bonds. The van der Waals surface area contributed by atoms with E-state index in [0.29, 0.717) is 11.7 Å². The van der Waals surface area contributed by atoms with Gasteiger partial charge in [-0.3, -0.25) is 4.79 Å². The van der Waals surface area contributed by atoms with E-state index in [1.165, 1.54) is 0 Å². The molecule has 1 fully saturated rings. The van der Waals surface area contributed by atoms with Gasteiger partial charge >= 0.3 is 0 Å². The zero-order valence-corrected chi connectivity index (χ0v) is 12.3. The Morgan fingerprint density at radius 3 is 3.00 bits per heavy atom. The number of amides is 1. The van der Waals surface area contributed by atoms with Gasteiger partial charge in [-0.05, 0) is 47.8 Å². The molecule has 1 atom stereocenters. The number of hydrogen-bond acceptors (Lipinski definition) is 2. The lowest BCUT2D eigenvalue weighted by Gasteiger charge is -2.34. The van der Waals surface area contributed by atoms with E-state index in [1.54, 1.807) is 6.20 Å². The van der Waals surface area contributed by atoms with Crippen LogP contribution in [-0.4, -0.2) is 41.5 Å². The van der Waals surface area contributed by atoms with Crippen molar-refractivity contribution in [2.75, 3.05) is 19.6 Å². The van der Waals surface area contributed by atoms with Crippen LogP contribution in [0, 0.1) is 0 Å². The van der Waals surface area contributed by atoms with Gasteiger partial charge in [0, 0.05) is 29.8 Å². The highest BCUT2D eigenvalue weighted by molar-refractivity contribution is 9.10. The van der Waals surface area contributed by atoms with Crippen LogP contribution in [0.3, 0.4) is 0 Å². The third kappa shape index (κ3) is 3.14. The number of carbonyl (C=O) groups is 1. The first-order chi connectivity index (χ1) is 8.72. The molecule has 100 valence electrons. The van der Waals surface area contributed by atoms with Crippen molar-refractivity contribution in [1.29, 1.82) is 0 Å². The molecule has 2 N–H and O–H groups in total. The number of H-pyrrole nitrogens is 1. The predicted molar refractivity (Wildman–Crippen MR) is 75.7 cm³/mol. The first-order valence-corrected chi connectivity index (χ1v) is 7.37. The fourth-order valence-corrected chi connectivity index (χ4v) is 2.78. The first kappa shape index (κ1) is 13.6. The number of piperidine rings is 1. The SMILES string of the molecule is CCCN(C(=O)c1cc(Br)c[nH]1)C1CCCNC1. The summed E-state index contributed by atoms with van der Waals surface area (Å²) in [4.78, 5) is 17.5. The number of hydrogen-bond donors (Lipinski definition) is 2. The summed E-state index contributed by atoms with van der Waals surface area (Å²) in [6.45, 7) is 4.91. The van der Waals surface area contributed by atoms with E-state index in [2.05, 4.69) is 33.2 Å². The molecule has 4 nitrogen and oxygen atoms in total. The van der Waals surface area contributed by atoms with Crippen molar-refractivity contribution in [2.24, 2.45) is 0 Å². The number of carbonyl (C=O) groups excluding carboxylic acids is 1. The number of aromatic nitrogens is 1. The molecule has 2 heterocycles. The Morgan fingerprint density at radius 1 is 1.61 bits per heavy atom. The maximum Gasteiger partial charge on any atom is 0.270 e. The fraction of sp³-hybridized carbons (Fsp3) is 0.615. The van der Waals surface area contributed by atoms with E-state index < -0.39 is 0 Å². The summed E-state index contributed by atoms with van der Waals surface area (Å²) >= 11 is 3.37. The van der Waals surface area contributed by atoms with Gasteiger partial charge in [0.2, 0.25) is 0 Å². The predicted octanol–water partition coefficient (Wildman–Crippen LogP) is 2.38. The van der Waals surface area contributed by atoms with Crippen LogP contribution in [0.1, 0.15) is 36.7 Å². The van der Waals surface area contributed by atoms with Crippen molar-refractivity contribution in [3.05, 3.63) is 22.4 Å². The fourth-order valence-electron chi connectivity index (χ4n) is 2.44. The molecule has 1 aromatic heterocycles. The molecule has 1 unspecified atom stereocenters. The van der Waals surface area contributed by atoms with Gasteiger partial charge in [-0.15, -0.1) is 0 Å². The molecular weight excluding hydrogens is 294 g/mol. The first-order valence-electron chi connectivity index (χ1n) is 6.58. The van der Waals surface area contributed by atoms with Crippen LogP contribution < -0.4 is 5.32 Å². The molecule has 1 aliphatic rings. The Labute approximate surface area is 116 Å². The van der Waals surface area contributed by atoms with E-state index in [4.69, 9.17) is 0 Å². The van der Waals surface area contributed by atoms with Gasteiger partial charge in [-0.2, -0.15) is 0 Å². The molecular formula is C13H20BrN3O. The lowest BCUT2D eigenvalue weighted by atomic mass is 10.1. The van der Waals surface area contributed by atoms with Crippen LogP contribution in [0.25, 0.3) is 0 Å². The Morgan fingerprint density at radius 2 is 2.44 bits per heavy atom. The van der Waals surface area contributed by atoms with Crippen molar-refractivity contribution in [3.8, 4) is 0 Å². The minimum Gasteiger partial charge on any atom is -0.356 e. The Kier molecular flexibility index (Phi) is 4.83. The number of halogens is 1. The quantitative estimate of drug-likeness (QED) is 0.896. The Hall–Kier alpha value is -0.810. The van der Waals surface area contributed by atoms with Gasteiger partial charge in [0.1, 0.15) is 5.69 Å². The van der Waals surface area contributed by atoms with E-state index in [1.807, 2.05) is 11.0 Å². The van der Waals surface area contributed by atoms with E-state index >= 15 is 0 Å². The highest BCUT2D eigenvalue weighted by atomic mass is 79.9. The van der Waals surface area contributed by atoms with Gasteiger partial charge in [0.25, 0.3) is 5.91 Å². The van der Waals surface area contributed by atoms with Crippen LogP contribution in [0.15, 0.2) is 16.7 Å². The van der Waals surface area contributed by atoms with Crippen LogP contribution in [-0.2, 0) is 0 Å². The topological polar surface area (TPSA) is 48.1 Å². The summed E-state index contributed by atoms with van der Waals surface area (Å²) in [6.07, 6.45) is 5.04. The average Bonchev–Trinajstić information content (AvgIpc) is 2.83. The zero-order valence-electron chi connectivity index (χ0n) is 10.7. The van der Waals surface area contributed by atoms with Gasteiger partial charge in [0.05, 0.1) is 0 Å². The van der Waals surface area contributed by atoms with Gasteiger partial charge in [-0.1, -0.05) is 6.92 Å². The summed E-state index contributed by atoms with van der Waals surface area (Å²) in [6, 6.07) is 2.18. The molecule has 0 bridgehead atoms. The van der Waals surface area contributed by atoms with Crippen molar-refractivity contribution >= 4 is 21.8 Å². The molecule has 18 heavy (non-hydrogen) atoms. The lowest BCUT2D eigenvalue weighted by molar-refractivity contribution is 0.0643. The standard InChI is InChI=1S/C13H20BrN3O/c1-2-6-17(11-4-3-5-15-9-11)13(18)12-7-10(14)8-16-12/h7-8,11,15-16H,2-6,9H2,1H3. The highest BCUT2D eigenvalue weighted by Gasteiger charge is 2.26. The molecule has 2 rings (SSSR count). The Balaban J connectivity index is 2.10. The summed E-state index contributed by atoms with van der Waals surface area (Å²) in [5.74, 6) is 0.108. The summed E-state index contributed by atoms with van der Waals surface area (Å²) in [5.41, 5.74) is 0.667. The molecule has 1 saturated heterocycles. The van der Waals surface area contributed by atoms with Crippen molar-refractivity contribution in [1.82, 2.24) is 15.2 Å².